The zero-order valence-electron chi connectivity index (χ0n) is 22.3. The molecular formula is C27H37ClFNO7S. The minimum atomic E-state index is -4.36. The summed E-state index contributed by atoms with van der Waals surface area (Å²) in [7, 11) is -4.36. The maximum absolute atomic E-state index is 13.9. The number of hydrogen-bond acceptors (Lipinski definition) is 7. The Bertz CT molecular complexity index is 1140. The quantitative estimate of drug-likeness (QED) is 0.255. The van der Waals surface area contributed by atoms with E-state index in [0.29, 0.717) is 31.1 Å². The molecule has 2 aliphatic rings. The van der Waals surface area contributed by atoms with Gasteiger partial charge in [0.1, 0.15) is 17.2 Å². The van der Waals surface area contributed by atoms with E-state index in [1.807, 2.05) is 0 Å². The summed E-state index contributed by atoms with van der Waals surface area (Å²) in [5, 5.41) is -1.44. The van der Waals surface area contributed by atoms with Gasteiger partial charge in [-0.1, -0.05) is 44.9 Å². The molecule has 4 atom stereocenters. The Hall–Kier alpha value is -2.33. The fourth-order valence-corrected chi connectivity index (χ4v) is 7.46. The summed E-state index contributed by atoms with van der Waals surface area (Å²) in [6.07, 6.45) is 4.08. The van der Waals surface area contributed by atoms with Crippen LogP contribution in [0.15, 0.2) is 29.8 Å². The number of allylic oxidation sites excluding steroid dienone is 1. The molecule has 0 spiro atoms. The number of nitrogens with zero attached hydrogens (tertiary/aromatic N) is 1. The second-order valence-electron chi connectivity index (χ2n) is 10.3. The van der Waals surface area contributed by atoms with E-state index in [1.165, 1.54) is 6.07 Å². The first-order valence-corrected chi connectivity index (χ1v) is 15.0. The number of ether oxygens (including phenoxy) is 3. The molecule has 1 aromatic carbocycles. The van der Waals surface area contributed by atoms with Crippen molar-refractivity contribution in [1.29, 1.82) is 0 Å². The number of anilines is 1. The van der Waals surface area contributed by atoms with Crippen LogP contribution >= 0.6 is 11.6 Å². The van der Waals surface area contributed by atoms with E-state index in [1.54, 1.807) is 13.0 Å². The molecule has 0 amide bonds. The Labute approximate surface area is 229 Å². The molecule has 0 aromatic heterocycles. The van der Waals surface area contributed by atoms with Crippen molar-refractivity contribution in [3.63, 3.8) is 0 Å². The van der Waals surface area contributed by atoms with E-state index in [9.17, 15) is 22.4 Å². The lowest BCUT2D eigenvalue weighted by Crippen LogP contribution is -2.44. The monoisotopic (exact) mass is 573 g/mol. The van der Waals surface area contributed by atoms with Gasteiger partial charge in [-0.2, -0.15) is 0 Å². The van der Waals surface area contributed by atoms with Crippen LogP contribution in [0, 0.1) is 23.6 Å². The Kier molecular flexibility index (Phi) is 10.5. The number of carbonyl (C=O) groups excluding carboxylic acids is 2. The normalized spacial score (nSPS) is 23.9. The Morgan fingerprint density at radius 2 is 1.92 bits per heavy atom. The van der Waals surface area contributed by atoms with Crippen molar-refractivity contribution in [3.8, 4) is 0 Å². The van der Waals surface area contributed by atoms with Crippen molar-refractivity contribution in [2.24, 2.45) is 17.8 Å². The van der Waals surface area contributed by atoms with Gasteiger partial charge in [0, 0.05) is 0 Å². The molecule has 3 rings (SSSR count). The predicted molar refractivity (Wildman–Crippen MR) is 143 cm³/mol. The third-order valence-electron chi connectivity index (χ3n) is 7.25. The van der Waals surface area contributed by atoms with E-state index in [2.05, 4.69) is 20.8 Å². The number of sulfonamides is 1. The Morgan fingerprint density at radius 1 is 1.18 bits per heavy atom. The minimum absolute atomic E-state index is 0.0138. The molecule has 1 saturated carbocycles. The van der Waals surface area contributed by atoms with Crippen LogP contribution in [-0.4, -0.2) is 45.2 Å². The van der Waals surface area contributed by atoms with Gasteiger partial charge in [0.15, 0.2) is 6.73 Å². The average molecular weight is 574 g/mol. The van der Waals surface area contributed by atoms with Crippen molar-refractivity contribution in [1.82, 2.24) is 0 Å². The maximum atomic E-state index is 13.9. The second-order valence-corrected chi connectivity index (χ2v) is 12.7. The lowest BCUT2D eigenvalue weighted by atomic mass is 9.75. The van der Waals surface area contributed by atoms with Crippen LogP contribution < -0.4 is 4.31 Å². The average Bonchev–Trinajstić information content (AvgIpc) is 2.85. The maximum Gasteiger partial charge on any atom is 0.510 e. The van der Waals surface area contributed by atoms with E-state index < -0.39 is 39.9 Å². The molecule has 2 aliphatic carbocycles. The summed E-state index contributed by atoms with van der Waals surface area (Å²) in [5.74, 6) is -0.527. The van der Waals surface area contributed by atoms with Crippen molar-refractivity contribution >= 4 is 39.4 Å². The lowest BCUT2D eigenvalue weighted by Gasteiger charge is -2.36. The first kappa shape index (κ1) is 30.2. The second kappa shape index (κ2) is 13.2. The SMILES string of the molecule is CCOC(=O)C1=CCCCC1S(=O)(=O)N(COC(=O)OC1CC(C)CC[C@H]1C(C)C)c1ccc(F)cc1Cl. The molecule has 0 saturated heterocycles. The van der Waals surface area contributed by atoms with E-state index in [-0.39, 0.29) is 41.3 Å². The van der Waals surface area contributed by atoms with Gasteiger partial charge < -0.3 is 14.2 Å². The molecule has 11 heteroatoms. The fourth-order valence-electron chi connectivity index (χ4n) is 5.22. The van der Waals surface area contributed by atoms with E-state index in [0.717, 1.165) is 29.3 Å². The van der Waals surface area contributed by atoms with Gasteiger partial charge >= 0.3 is 12.1 Å². The third-order valence-corrected chi connectivity index (χ3v) is 9.67. The first-order chi connectivity index (χ1) is 17.9. The van der Waals surface area contributed by atoms with Crippen LogP contribution in [0.3, 0.4) is 0 Å². The number of benzene rings is 1. The Balaban J connectivity index is 1.87. The van der Waals surface area contributed by atoms with Crippen molar-refractivity contribution in [2.75, 3.05) is 17.6 Å². The fraction of sp³-hybridized carbons (Fsp3) is 0.630. The predicted octanol–water partition coefficient (Wildman–Crippen LogP) is 6.23. The molecule has 0 aliphatic heterocycles. The van der Waals surface area contributed by atoms with Crippen LogP contribution in [0.1, 0.15) is 66.2 Å². The molecule has 0 N–H and O–H groups in total. The summed E-state index contributed by atoms with van der Waals surface area (Å²) >= 11 is 6.23. The number of esters is 1. The molecule has 3 unspecified atom stereocenters. The number of halogens is 2. The molecule has 8 nitrogen and oxygen atoms in total. The number of carbonyl (C=O) groups is 2. The highest BCUT2D eigenvalue weighted by Gasteiger charge is 2.41. The summed E-state index contributed by atoms with van der Waals surface area (Å²) in [6, 6.07) is 3.22. The molecule has 212 valence electrons. The smallest absolute Gasteiger partial charge is 0.463 e. The standard InChI is InChI=1S/C27H37ClFNO7S/c1-5-35-26(31)21-8-6-7-9-25(21)38(33,34)30(23-13-11-19(29)15-22(23)28)16-36-27(32)37-24-14-18(4)10-12-20(24)17(2)3/h8,11,13,15,17-18,20,24-25H,5-7,9-10,12,14,16H2,1-4H3/t18?,20-,24?,25?/m0/s1. The number of hydrogen-bond donors (Lipinski definition) is 0. The van der Waals surface area contributed by atoms with Crippen LogP contribution in [-0.2, 0) is 29.0 Å². The van der Waals surface area contributed by atoms with Gasteiger partial charge in [-0.3, -0.25) is 0 Å². The van der Waals surface area contributed by atoms with E-state index >= 15 is 0 Å². The molecule has 0 radical (unpaired) electrons. The van der Waals surface area contributed by atoms with Gasteiger partial charge in [-0.05, 0) is 75.0 Å². The summed E-state index contributed by atoms with van der Waals surface area (Å²) < 4.78 is 58.5. The Morgan fingerprint density at radius 3 is 2.58 bits per heavy atom. The highest BCUT2D eigenvalue weighted by atomic mass is 35.5. The summed E-state index contributed by atoms with van der Waals surface area (Å²) in [4.78, 5) is 25.3. The molecule has 0 heterocycles. The largest absolute Gasteiger partial charge is 0.510 e. The highest BCUT2D eigenvalue weighted by Crippen LogP contribution is 2.37. The van der Waals surface area contributed by atoms with E-state index in [4.69, 9.17) is 25.8 Å². The lowest BCUT2D eigenvalue weighted by molar-refractivity contribution is -0.138. The zero-order valence-corrected chi connectivity index (χ0v) is 23.9. The van der Waals surface area contributed by atoms with Gasteiger partial charge in [-0.25, -0.2) is 26.7 Å². The van der Waals surface area contributed by atoms with Gasteiger partial charge in [-0.15, -0.1) is 0 Å². The van der Waals surface area contributed by atoms with Crippen LogP contribution in [0.4, 0.5) is 14.9 Å². The van der Waals surface area contributed by atoms with Crippen LogP contribution in [0.25, 0.3) is 0 Å². The zero-order chi connectivity index (χ0) is 28.0. The highest BCUT2D eigenvalue weighted by molar-refractivity contribution is 7.93. The first-order valence-electron chi connectivity index (χ1n) is 13.1. The third kappa shape index (κ3) is 7.20. The van der Waals surface area contributed by atoms with Crippen LogP contribution in [0.5, 0.6) is 0 Å². The molecule has 38 heavy (non-hydrogen) atoms. The van der Waals surface area contributed by atoms with Crippen molar-refractivity contribution in [3.05, 3.63) is 40.7 Å². The van der Waals surface area contributed by atoms with Gasteiger partial charge in [0.25, 0.3) is 0 Å². The molecule has 1 fully saturated rings. The molecule has 1 aromatic rings. The summed E-state index contributed by atoms with van der Waals surface area (Å²) in [5.41, 5.74) is -0.0686. The van der Waals surface area contributed by atoms with Gasteiger partial charge in [0.05, 0.1) is 22.9 Å². The van der Waals surface area contributed by atoms with Crippen LogP contribution in [0.2, 0.25) is 5.02 Å². The number of rotatable bonds is 9. The molecule has 0 bridgehead atoms. The van der Waals surface area contributed by atoms with Gasteiger partial charge in [0.2, 0.25) is 10.0 Å². The van der Waals surface area contributed by atoms with Crippen molar-refractivity contribution in [2.45, 2.75) is 77.6 Å². The molecular weight excluding hydrogens is 537 g/mol. The topological polar surface area (TPSA) is 99.2 Å². The van der Waals surface area contributed by atoms with Crippen molar-refractivity contribution < 1.29 is 36.6 Å². The summed E-state index contributed by atoms with van der Waals surface area (Å²) in [6.45, 7) is 7.21. The minimum Gasteiger partial charge on any atom is -0.463 e.